The van der Waals surface area contributed by atoms with Gasteiger partial charge in [0.1, 0.15) is 6.04 Å². The van der Waals surface area contributed by atoms with Crippen LogP contribution in [0.3, 0.4) is 0 Å². The van der Waals surface area contributed by atoms with Crippen LogP contribution in [0.2, 0.25) is 10.0 Å². The van der Waals surface area contributed by atoms with Gasteiger partial charge in [-0.15, -0.1) is 0 Å². The number of guanidine groups is 1. The third-order valence-corrected chi connectivity index (χ3v) is 5.17. The second-order valence-corrected chi connectivity index (χ2v) is 7.62. The number of anilines is 1. The van der Waals surface area contributed by atoms with Crippen LogP contribution in [-0.2, 0) is 14.8 Å². The van der Waals surface area contributed by atoms with Crippen LogP contribution in [0.1, 0.15) is 12.8 Å². The summed E-state index contributed by atoms with van der Waals surface area (Å²) in [5, 5.41) is 18.3. The standard InChI is InChI=1S/C12H16Cl2N6O6S/c13-7-4-6(5-8(14)10(7)15)27(25,26)19-9(11(21)22)2-1-3-17-12(16)18-20(23)24/h4-5,9,19H,1-3,15H2,(H,21,22)(H3,16,17,18). The van der Waals surface area contributed by atoms with Crippen molar-refractivity contribution in [1.82, 2.24) is 10.1 Å². The summed E-state index contributed by atoms with van der Waals surface area (Å²) in [7, 11) is -4.25. The quantitative estimate of drug-likeness (QED) is 0.0881. The Labute approximate surface area is 163 Å². The summed E-state index contributed by atoms with van der Waals surface area (Å²) in [5.41, 5.74) is 12.3. The molecule has 0 saturated heterocycles. The van der Waals surface area contributed by atoms with E-state index in [0.29, 0.717) is 0 Å². The molecular formula is C12H16Cl2N6O6S. The smallest absolute Gasteiger partial charge is 0.321 e. The van der Waals surface area contributed by atoms with Gasteiger partial charge in [-0.2, -0.15) is 4.72 Å². The van der Waals surface area contributed by atoms with E-state index in [2.05, 4.69) is 4.99 Å². The lowest BCUT2D eigenvalue weighted by molar-refractivity contribution is -0.525. The van der Waals surface area contributed by atoms with E-state index >= 15 is 0 Å². The van der Waals surface area contributed by atoms with Crippen molar-refractivity contribution >= 4 is 50.8 Å². The number of carboxylic acids is 1. The fourth-order valence-corrected chi connectivity index (χ4v) is 3.72. The number of nitro groups is 1. The van der Waals surface area contributed by atoms with Gasteiger partial charge in [-0.3, -0.25) is 4.79 Å². The Kier molecular flexibility index (Phi) is 8.02. The summed E-state index contributed by atoms with van der Waals surface area (Å²) < 4.78 is 26.7. The molecule has 0 amide bonds. The third kappa shape index (κ3) is 7.05. The molecule has 0 aromatic heterocycles. The van der Waals surface area contributed by atoms with Gasteiger partial charge in [-0.05, 0) is 25.0 Å². The Bertz CT molecular complexity index is 839. The molecule has 0 fully saturated rings. The molecule has 1 unspecified atom stereocenters. The molecule has 150 valence electrons. The number of sulfonamides is 1. The van der Waals surface area contributed by atoms with Crippen LogP contribution in [0, 0.1) is 10.1 Å². The van der Waals surface area contributed by atoms with Gasteiger partial charge in [0.15, 0.2) is 5.03 Å². The zero-order chi connectivity index (χ0) is 20.8. The van der Waals surface area contributed by atoms with E-state index in [4.69, 9.17) is 34.7 Å². The van der Waals surface area contributed by atoms with E-state index in [1.54, 1.807) is 5.43 Å². The van der Waals surface area contributed by atoms with Gasteiger partial charge in [0.2, 0.25) is 10.0 Å². The Morgan fingerprint density at radius 1 is 1.37 bits per heavy atom. The molecule has 0 heterocycles. The molecule has 0 aliphatic carbocycles. The van der Waals surface area contributed by atoms with E-state index in [9.17, 15) is 28.4 Å². The summed E-state index contributed by atoms with van der Waals surface area (Å²) in [5.74, 6) is -1.88. The summed E-state index contributed by atoms with van der Waals surface area (Å²) in [6.07, 6.45) is -0.0664. The number of nitrogens with two attached hydrogens (primary N) is 2. The van der Waals surface area contributed by atoms with Crippen LogP contribution < -0.4 is 21.6 Å². The lowest BCUT2D eigenvalue weighted by atomic mass is 10.2. The van der Waals surface area contributed by atoms with Gasteiger partial charge in [-0.25, -0.2) is 23.5 Å². The van der Waals surface area contributed by atoms with Crippen molar-refractivity contribution in [2.45, 2.75) is 23.8 Å². The molecule has 0 bridgehead atoms. The number of nitrogens with zero attached hydrogens (tertiary/aromatic N) is 2. The number of hydrazine groups is 1. The number of hydrogen-bond acceptors (Lipinski definition) is 7. The number of hydrogen-bond donors (Lipinski definition) is 5. The minimum Gasteiger partial charge on any atom is -0.480 e. The monoisotopic (exact) mass is 442 g/mol. The molecular weight excluding hydrogens is 427 g/mol. The highest BCUT2D eigenvalue weighted by Crippen LogP contribution is 2.30. The van der Waals surface area contributed by atoms with Gasteiger partial charge in [0.25, 0.3) is 5.96 Å². The van der Waals surface area contributed by atoms with Crippen molar-refractivity contribution in [1.29, 1.82) is 0 Å². The van der Waals surface area contributed by atoms with Gasteiger partial charge >= 0.3 is 5.97 Å². The summed E-state index contributed by atoms with van der Waals surface area (Å²) >= 11 is 11.6. The molecule has 1 aromatic rings. The molecule has 0 aliphatic heterocycles. The number of carbonyl (C=O) groups is 1. The Hall–Kier alpha value is -2.35. The largest absolute Gasteiger partial charge is 0.480 e. The van der Waals surface area contributed by atoms with Crippen molar-refractivity contribution in [3.05, 3.63) is 32.3 Å². The zero-order valence-corrected chi connectivity index (χ0v) is 15.9. The fraction of sp³-hybridized carbons (Fsp3) is 0.333. The Morgan fingerprint density at radius 2 is 1.93 bits per heavy atom. The maximum atomic E-state index is 12.4. The van der Waals surface area contributed by atoms with E-state index < -0.39 is 33.0 Å². The first-order chi connectivity index (χ1) is 12.4. The average Bonchev–Trinajstić information content (AvgIpc) is 2.53. The molecule has 1 rings (SSSR count). The molecule has 0 saturated carbocycles. The number of carboxylic acid groups (broad SMARTS) is 1. The van der Waals surface area contributed by atoms with Crippen LogP contribution >= 0.6 is 23.2 Å². The number of halogens is 2. The van der Waals surface area contributed by atoms with Crippen LogP contribution in [0.5, 0.6) is 0 Å². The zero-order valence-electron chi connectivity index (χ0n) is 13.6. The first-order valence-corrected chi connectivity index (χ1v) is 9.38. The van der Waals surface area contributed by atoms with Crippen molar-refractivity contribution in [2.24, 2.45) is 10.7 Å². The molecule has 0 radical (unpaired) electrons. The highest BCUT2D eigenvalue weighted by molar-refractivity contribution is 7.89. The summed E-state index contributed by atoms with van der Waals surface area (Å²) in [4.78, 5) is 24.7. The number of nitrogens with one attached hydrogen (secondary N) is 2. The van der Waals surface area contributed by atoms with Crippen molar-refractivity contribution < 1.29 is 23.4 Å². The van der Waals surface area contributed by atoms with Crippen LogP contribution in [-0.4, -0.2) is 43.1 Å². The van der Waals surface area contributed by atoms with Crippen molar-refractivity contribution in [3.8, 4) is 0 Å². The number of aliphatic imine (C=N–C) groups is 1. The van der Waals surface area contributed by atoms with Crippen molar-refractivity contribution in [3.63, 3.8) is 0 Å². The minimum absolute atomic E-state index is 0.00847. The predicted octanol–water partition coefficient (Wildman–Crippen LogP) is 0.183. The van der Waals surface area contributed by atoms with Gasteiger partial charge < -0.3 is 16.6 Å². The summed E-state index contributed by atoms with van der Waals surface area (Å²) in [6.45, 7) is -0.0578. The lowest BCUT2D eigenvalue weighted by Crippen LogP contribution is -2.41. The van der Waals surface area contributed by atoms with E-state index in [1.165, 1.54) is 0 Å². The third-order valence-electron chi connectivity index (χ3n) is 3.10. The lowest BCUT2D eigenvalue weighted by Gasteiger charge is -2.15. The maximum absolute atomic E-state index is 12.4. The molecule has 0 aliphatic rings. The normalized spacial score (nSPS) is 13.2. The van der Waals surface area contributed by atoms with Gasteiger partial charge in [0, 0.05) is 6.54 Å². The predicted molar refractivity (Wildman–Crippen MR) is 98.5 cm³/mol. The van der Waals surface area contributed by atoms with Gasteiger partial charge in [-0.1, -0.05) is 28.6 Å². The molecule has 12 nitrogen and oxygen atoms in total. The Balaban J connectivity index is 2.82. The van der Waals surface area contributed by atoms with Crippen molar-refractivity contribution in [2.75, 3.05) is 12.3 Å². The molecule has 27 heavy (non-hydrogen) atoms. The maximum Gasteiger partial charge on any atom is 0.321 e. The second-order valence-electron chi connectivity index (χ2n) is 5.09. The number of benzene rings is 1. The number of aliphatic carboxylic acids is 1. The molecule has 15 heteroatoms. The van der Waals surface area contributed by atoms with Gasteiger partial charge in [0.05, 0.1) is 20.6 Å². The summed E-state index contributed by atoms with van der Waals surface area (Å²) in [6, 6.07) is 0.598. The molecule has 1 atom stereocenters. The van der Waals surface area contributed by atoms with Crippen LogP contribution in [0.25, 0.3) is 0 Å². The molecule has 0 spiro atoms. The minimum atomic E-state index is -4.25. The molecule has 7 N–H and O–H groups in total. The first-order valence-electron chi connectivity index (χ1n) is 7.14. The fourth-order valence-electron chi connectivity index (χ4n) is 1.83. The van der Waals surface area contributed by atoms with E-state index in [1.807, 2.05) is 4.72 Å². The highest BCUT2D eigenvalue weighted by atomic mass is 35.5. The van der Waals surface area contributed by atoms with E-state index in [0.717, 1.165) is 12.1 Å². The number of nitrogen functional groups attached to an aromatic ring is 1. The SMILES string of the molecule is NC(=NCCCC(NS(=O)(=O)c1cc(Cl)c(N)c(Cl)c1)C(=O)O)N[N+](=O)[O-]. The Morgan fingerprint density at radius 3 is 2.41 bits per heavy atom. The second kappa shape index (κ2) is 9.55. The number of rotatable bonds is 9. The van der Waals surface area contributed by atoms with Crippen LogP contribution in [0.4, 0.5) is 5.69 Å². The molecule has 1 aromatic carbocycles. The highest BCUT2D eigenvalue weighted by Gasteiger charge is 2.26. The topological polar surface area (TPSA) is 203 Å². The first kappa shape index (κ1) is 22.7. The van der Waals surface area contributed by atoms with E-state index in [-0.39, 0.29) is 40.0 Å². The van der Waals surface area contributed by atoms with Crippen LogP contribution in [0.15, 0.2) is 22.0 Å². The average molecular weight is 443 g/mol.